The van der Waals surface area contributed by atoms with Gasteiger partial charge in [-0.3, -0.25) is 0 Å². The number of rotatable bonds is 1. The normalized spacial score (nSPS) is 37.2. The van der Waals surface area contributed by atoms with Gasteiger partial charge in [-0.2, -0.15) is 0 Å². The van der Waals surface area contributed by atoms with Crippen LogP contribution in [0, 0.1) is 5.92 Å². The molecule has 1 aliphatic carbocycles. The predicted molar refractivity (Wildman–Crippen MR) is 136 cm³/mol. The molecule has 36 heavy (non-hydrogen) atoms. The number of fused-ring (bicyclic) bond motifs is 5. The summed E-state index contributed by atoms with van der Waals surface area (Å²) in [6.45, 7) is 0.697. The van der Waals surface area contributed by atoms with Crippen molar-refractivity contribution in [3.63, 3.8) is 0 Å². The first-order chi connectivity index (χ1) is 17.8. The van der Waals surface area contributed by atoms with Gasteiger partial charge in [0.15, 0.2) is 12.1 Å². The van der Waals surface area contributed by atoms with Gasteiger partial charge in [-0.05, 0) is 57.1 Å². The molecule has 5 nitrogen and oxygen atoms in total. The van der Waals surface area contributed by atoms with Gasteiger partial charge >= 0.3 is 0 Å². The molecule has 5 fully saturated rings. The zero-order chi connectivity index (χ0) is 23.4. The molecule has 0 N–H and O–H groups in total. The smallest absolute Gasteiger partial charge is 0.190 e. The monoisotopic (exact) mass is 482 g/mol. The maximum absolute atomic E-state index is 6.70. The highest BCUT2D eigenvalue weighted by Crippen LogP contribution is 2.54. The first kappa shape index (κ1) is 20.7. The van der Waals surface area contributed by atoms with E-state index in [4.69, 9.17) is 23.7 Å². The Labute approximate surface area is 209 Å². The summed E-state index contributed by atoms with van der Waals surface area (Å²) in [6, 6.07) is 20.1. The molecular weight excluding hydrogens is 452 g/mol. The van der Waals surface area contributed by atoms with Crippen LogP contribution in [-0.2, 0) is 23.7 Å². The van der Waals surface area contributed by atoms with Gasteiger partial charge in [0.05, 0.1) is 18.3 Å². The van der Waals surface area contributed by atoms with Crippen molar-refractivity contribution in [3.05, 3.63) is 60.2 Å². The van der Waals surface area contributed by atoms with Crippen LogP contribution in [0.25, 0.3) is 32.3 Å². The summed E-state index contributed by atoms with van der Waals surface area (Å²) in [4.78, 5) is 0. The number of hydrogen-bond donors (Lipinski definition) is 0. The number of hydrogen-bond acceptors (Lipinski definition) is 5. The molecule has 4 saturated heterocycles. The number of benzene rings is 4. The van der Waals surface area contributed by atoms with Crippen LogP contribution < -0.4 is 0 Å². The first-order valence-electron chi connectivity index (χ1n) is 13.7. The van der Waals surface area contributed by atoms with Gasteiger partial charge in [0.1, 0.15) is 12.2 Å². The van der Waals surface area contributed by atoms with Crippen molar-refractivity contribution in [1.29, 1.82) is 0 Å². The van der Waals surface area contributed by atoms with Crippen molar-refractivity contribution in [3.8, 4) is 0 Å². The minimum atomic E-state index is -0.461. The fourth-order valence-corrected chi connectivity index (χ4v) is 8.00. The lowest BCUT2D eigenvalue weighted by molar-refractivity contribution is -0.245. The van der Waals surface area contributed by atoms with E-state index in [2.05, 4.69) is 54.6 Å². The summed E-state index contributed by atoms with van der Waals surface area (Å²) in [5.41, 5.74) is 1.24. The van der Waals surface area contributed by atoms with Crippen molar-refractivity contribution in [2.24, 2.45) is 5.92 Å². The van der Waals surface area contributed by atoms with Crippen LogP contribution in [-0.4, -0.2) is 43.1 Å². The molecule has 4 aliphatic heterocycles. The van der Waals surface area contributed by atoms with E-state index in [9.17, 15) is 0 Å². The average Bonchev–Trinajstić information content (AvgIpc) is 3.55. The van der Waals surface area contributed by atoms with Crippen molar-refractivity contribution in [2.75, 3.05) is 6.61 Å². The van der Waals surface area contributed by atoms with Gasteiger partial charge < -0.3 is 23.7 Å². The molecule has 4 aromatic rings. The van der Waals surface area contributed by atoms with Crippen LogP contribution in [0.4, 0.5) is 0 Å². The molecule has 0 unspecified atom stereocenters. The largest absolute Gasteiger partial charge is 0.373 e. The third-order valence-electron chi connectivity index (χ3n) is 9.56. The van der Waals surface area contributed by atoms with Gasteiger partial charge in [0.25, 0.3) is 0 Å². The van der Waals surface area contributed by atoms with Crippen molar-refractivity contribution in [2.45, 2.75) is 81.1 Å². The molecule has 0 amide bonds. The van der Waals surface area contributed by atoms with Crippen LogP contribution in [0.5, 0.6) is 0 Å². The van der Waals surface area contributed by atoms with Crippen LogP contribution in [0.3, 0.4) is 0 Å². The molecule has 1 saturated carbocycles. The quantitative estimate of drug-likeness (QED) is 0.301. The van der Waals surface area contributed by atoms with E-state index >= 15 is 0 Å². The Bertz CT molecular complexity index is 1460. The highest BCUT2D eigenvalue weighted by molar-refractivity contribution is 6.23. The van der Waals surface area contributed by atoms with E-state index in [1.54, 1.807) is 0 Å². The second kappa shape index (κ2) is 7.40. The highest BCUT2D eigenvalue weighted by Gasteiger charge is 2.65. The van der Waals surface area contributed by atoms with E-state index in [1.165, 1.54) is 44.3 Å². The van der Waals surface area contributed by atoms with E-state index < -0.39 is 5.79 Å². The Kier molecular flexibility index (Phi) is 4.26. The average molecular weight is 483 g/mol. The number of ether oxygens (including phenoxy) is 5. The SMILES string of the molecule is c1cc2ccc3ccc([C@@H]4OCC[C@@H]5O[C@@H]6[C@H]7OC8(CCCCC8)O[C@H]7O[C@@H]6[C@@H]54)c4ccc(c1)c2c34. The molecule has 4 aromatic carbocycles. The van der Waals surface area contributed by atoms with Crippen LogP contribution in [0.15, 0.2) is 54.6 Å². The second-order valence-corrected chi connectivity index (χ2v) is 11.4. The maximum atomic E-state index is 6.70. The van der Waals surface area contributed by atoms with Crippen molar-refractivity contribution >= 4 is 32.3 Å². The topological polar surface area (TPSA) is 46.2 Å². The minimum absolute atomic E-state index is 0.0743. The van der Waals surface area contributed by atoms with E-state index in [1.807, 2.05) is 0 Å². The summed E-state index contributed by atoms with van der Waals surface area (Å²) in [5.74, 6) is -0.334. The zero-order valence-corrected chi connectivity index (χ0v) is 20.2. The third kappa shape index (κ3) is 2.73. The van der Waals surface area contributed by atoms with Crippen molar-refractivity contribution < 1.29 is 23.7 Å². The zero-order valence-electron chi connectivity index (χ0n) is 20.2. The van der Waals surface area contributed by atoms with Gasteiger partial charge in [0, 0.05) is 25.4 Å². The van der Waals surface area contributed by atoms with Crippen LogP contribution in [0.1, 0.15) is 50.2 Å². The lowest BCUT2D eigenvalue weighted by Gasteiger charge is -2.36. The van der Waals surface area contributed by atoms with Gasteiger partial charge in [-0.1, -0.05) is 61.0 Å². The molecule has 0 aromatic heterocycles. The molecule has 1 spiro atoms. The highest BCUT2D eigenvalue weighted by atomic mass is 16.8. The second-order valence-electron chi connectivity index (χ2n) is 11.4. The Morgan fingerprint density at radius 1 is 0.694 bits per heavy atom. The molecule has 5 aliphatic rings. The molecule has 5 heteroatoms. The summed E-state index contributed by atoms with van der Waals surface area (Å²) < 4.78 is 33.0. The standard InChI is InChI=1S/C31H30O5/c1-2-14-31(15-3-1)35-29-28-27(34-30(29)36-31)25-22(33-28)13-16-32-26(25)21-12-10-19-8-7-17-5-4-6-18-9-11-20(21)24(19)23(17)18/h4-12,22,25-30H,1-3,13-16H2/t22-,25-,26-,27+,28-,29+,30+/m0/s1. The molecule has 0 bridgehead atoms. The molecule has 0 radical (unpaired) electrons. The lowest BCUT2D eigenvalue weighted by Crippen LogP contribution is -2.40. The summed E-state index contributed by atoms with van der Waals surface area (Å²) >= 11 is 0. The van der Waals surface area contributed by atoms with Crippen molar-refractivity contribution in [1.82, 2.24) is 0 Å². The summed E-state index contributed by atoms with van der Waals surface area (Å²) in [6.07, 6.45) is 5.80. The van der Waals surface area contributed by atoms with E-state index in [-0.39, 0.29) is 42.7 Å². The van der Waals surface area contributed by atoms with Crippen LogP contribution in [0.2, 0.25) is 0 Å². The van der Waals surface area contributed by atoms with Gasteiger partial charge in [-0.15, -0.1) is 0 Å². The Morgan fingerprint density at radius 3 is 2.33 bits per heavy atom. The third-order valence-corrected chi connectivity index (χ3v) is 9.56. The Morgan fingerprint density at radius 2 is 1.47 bits per heavy atom. The van der Waals surface area contributed by atoms with Gasteiger partial charge in [0.2, 0.25) is 0 Å². The summed E-state index contributed by atoms with van der Waals surface area (Å²) in [7, 11) is 0. The maximum Gasteiger partial charge on any atom is 0.190 e. The van der Waals surface area contributed by atoms with E-state index in [0.29, 0.717) is 6.61 Å². The molecule has 4 heterocycles. The fourth-order valence-electron chi connectivity index (χ4n) is 8.00. The van der Waals surface area contributed by atoms with Gasteiger partial charge in [-0.25, -0.2) is 0 Å². The predicted octanol–water partition coefficient (Wildman–Crippen LogP) is 6.23. The molecular formula is C31H30O5. The Hall–Kier alpha value is -2.28. The summed E-state index contributed by atoms with van der Waals surface area (Å²) in [5, 5.41) is 7.79. The fraction of sp³-hybridized carbons (Fsp3) is 0.484. The lowest BCUT2D eigenvalue weighted by atomic mass is 9.81. The van der Waals surface area contributed by atoms with Crippen LogP contribution >= 0.6 is 0 Å². The molecule has 7 atom stereocenters. The first-order valence-corrected chi connectivity index (χ1v) is 13.7. The minimum Gasteiger partial charge on any atom is -0.373 e. The molecule has 9 rings (SSSR count). The van der Waals surface area contributed by atoms with E-state index in [0.717, 1.165) is 32.1 Å². The molecule has 184 valence electrons. The Balaban J connectivity index is 1.11.